The number of rotatable bonds is 1. The van der Waals surface area contributed by atoms with Crippen LogP contribution in [0, 0.1) is 16.3 Å². The first-order chi connectivity index (χ1) is 6.68. The molecular formula is C11H13FIN. The Bertz CT molecular complexity index is 322. The van der Waals surface area contributed by atoms with E-state index in [2.05, 4.69) is 27.5 Å². The van der Waals surface area contributed by atoms with Crippen LogP contribution in [0.3, 0.4) is 0 Å². The minimum atomic E-state index is -0.0729. The van der Waals surface area contributed by atoms with E-state index in [9.17, 15) is 4.39 Å². The quantitative estimate of drug-likeness (QED) is 0.719. The highest BCUT2D eigenvalue weighted by molar-refractivity contribution is 14.1. The van der Waals surface area contributed by atoms with Gasteiger partial charge in [-0.15, -0.1) is 0 Å². The van der Waals surface area contributed by atoms with Crippen molar-refractivity contribution in [1.29, 1.82) is 0 Å². The van der Waals surface area contributed by atoms with Crippen molar-refractivity contribution in [3.05, 3.63) is 27.1 Å². The molecule has 1 aliphatic rings. The first-order valence-electron chi connectivity index (χ1n) is 4.89. The monoisotopic (exact) mass is 305 g/mol. The van der Waals surface area contributed by atoms with Gasteiger partial charge in [0.15, 0.2) is 0 Å². The molecule has 3 heteroatoms. The second-order valence-corrected chi connectivity index (χ2v) is 4.93. The Morgan fingerprint density at radius 1 is 1.29 bits per heavy atom. The summed E-state index contributed by atoms with van der Waals surface area (Å²) in [6, 6.07) is 3.66. The number of benzene rings is 1. The average molecular weight is 305 g/mol. The maximum Gasteiger partial charge on any atom is 0.147 e. The van der Waals surface area contributed by atoms with Gasteiger partial charge in [-0.05, 0) is 60.1 Å². The van der Waals surface area contributed by atoms with Gasteiger partial charge in [-0.1, -0.05) is 0 Å². The van der Waals surface area contributed by atoms with Crippen LogP contribution in [0.1, 0.15) is 18.4 Å². The van der Waals surface area contributed by atoms with E-state index in [1.807, 2.05) is 13.0 Å². The molecule has 1 nitrogen and oxygen atoms in total. The number of hydrogen-bond donors (Lipinski definition) is 0. The van der Waals surface area contributed by atoms with Crippen molar-refractivity contribution in [2.45, 2.75) is 19.8 Å². The summed E-state index contributed by atoms with van der Waals surface area (Å²) in [7, 11) is 0. The first-order valence-corrected chi connectivity index (χ1v) is 5.97. The van der Waals surface area contributed by atoms with E-state index in [1.165, 1.54) is 12.8 Å². The van der Waals surface area contributed by atoms with E-state index in [1.54, 1.807) is 6.07 Å². The summed E-state index contributed by atoms with van der Waals surface area (Å²) >= 11 is 2.22. The molecule has 0 atom stereocenters. The first kappa shape index (κ1) is 10.2. The SMILES string of the molecule is Cc1cc(F)c(N2CCCC2)c(I)c1. The van der Waals surface area contributed by atoms with E-state index in [4.69, 9.17) is 0 Å². The molecule has 0 aliphatic carbocycles. The van der Waals surface area contributed by atoms with Gasteiger partial charge in [-0.2, -0.15) is 0 Å². The molecule has 1 aliphatic heterocycles. The van der Waals surface area contributed by atoms with Gasteiger partial charge in [-0.25, -0.2) is 4.39 Å². The van der Waals surface area contributed by atoms with Crippen LogP contribution in [0.5, 0.6) is 0 Å². The van der Waals surface area contributed by atoms with Crippen molar-refractivity contribution in [2.24, 2.45) is 0 Å². The van der Waals surface area contributed by atoms with E-state index >= 15 is 0 Å². The highest BCUT2D eigenvalue weighted by Gasteiger charge is 2.18. The van der Waals surface area contributed by atoms with Crippen LogP contribution in [0.25, 0.3) is 0 Å². The normalized spacial score (nSPS) is 16.4. The lowest BCUT2D eigenvalue weighted by atomic mass is 10.2. The molecule has 1 aromatic rings. The van der Waals surface area contributed by atoms with Crippen molar-refractivity contribution in [3.63, 3.8) is 0 Å². The zero-order valence-electron chi connectivity index (χ0n) is 8.19. The van der Waals surface area contributed by atoms with Crippen molar-refractivity contribution >= 4 is 28.3 Å². The van der Waals surface area contributed by atoms with Crippen molar-refractivity contribution in [2.75, 3.05) is 18.0 Å². The molecule has 2 rings (SSSR count). The van der Waals surface area contributed by atoms with Crippen LogP contribution in [-0.4, -0.2) is 13.1 Å². The summed E-state index contributed by atoms with van der Waals surface area (Å²) in [6.45, 7) is 3.92. The lowest BCUT2D eigenvalue weighted by Crippen LogP contribution is -2.20. The summed E-state index contributed by atoms with van der Waals surface area (Å²) < 4.78 is 14.7. The summed E-state index contributed by atoms with van der Waals surface area (Å²) in [5.41, 5.74) is 1.79. The highest BCUT2D eigenvalue weighted by Crippen LogP contribution is 2.29. The fraction of sp³-hybridized carbons (Fsp3) is 0.455. The molecule has 0 radical (unpaired) electrons. The molecule has 1 heterocycles. The molecule has 0 aromatic heterocycles. The largest absolute Gasteiger partial charge is 0.368 e. The zero-order valence-corrected chi connectivity index (χ0v) is 10.3. The van der Waals surface area contributed by atoms with Gasteiger partial charge in [0.2, 0.25) is 0 Å². The topological polar surface area (TPSA) is 3.24 Å². The minimum Gasteiger partial charge on any atom is -0.368 e. The third-order valence-electron chi connectivity index (χ3n) is 2.58. The summed E-state index contributed by atoms with van der Waals surface area (Å²) in [6.07, 6.45) is 2.37. The maximum atomic E-state index is 13.7. The lowest BCUT2D eigenvalue weighted by Gasteiger charge is -2.20. The predicted molar refractivity (Wildman–Crippen MR) is 65.3 cm³/mol. The van der Waals surface area contributed by atoms with Crippen LogP contribution in [0.4, 0.5) is 10.1 Å². The van der Waals surface area contributed by atoms with Crippen molar-refractivity contribution in [3.8, 4) is 0 Å². The van der Waals surface area contributed by atoms with Crippen LogP contribution in [0.2, 0.25) is 0 Å². The van der Waals surface area contributed by atoms with E-state index in [0.29, 0.717) is 0 Å². The Balaban J connectivity index is 2.40. The molecule has 0 unspecified atom stereocenters. The van der Waals surface area contributed by atoms with E-state index in [-0.39, 0.29) is 5.82 Å². The third-order valence-corrected chi connectivity index (χ3v) is 3.41. The smallest absolute Gasteiger partial charge is 0.147 e. The maximum absolute atomic E-state index is 13.7. The molecule has 0 N–H and O–H groups in total. The van der Waals surface area contributed by atoms with Crippen LogP contribution < -0.4 is 4.90 Å². The Morgan fingerprint density at radius 3 is 2.50 bits per heavy atom. The van der Waals surface area contributed by atoms with Crippen LogP contribution in [-0.2, 0) is 0 Å². The molecule has 0 bridgehead atoms. The van der Waals surface area contributed by atoms with Gasteiger partial charge in [0, 0.05) is 16.7 Å². The predicted octanol–water partition coefficient (Wildman–Crippen LogP) is 3.34. The average Bonchev–Trinajstić information content (AvgIpc) is 2.54. The lowest BCUT2D eigenvalue weighted by molar-refractivity contribution is 0.621. The number of aryl methyl sites for hydroxylation is 1. The second-order valence-electron chi connectivity index (χ2n) is 3.77. The zero-order chi connectivity index (χ0) is 10.1. The highest BCUT2D eigenvalue weighted by atomic mass is 127. The van der Waals surface area contributed by atoms with E-state index in [0.717, 1.165) is 27.9 Å². The molecule has 76 valence electrons. The van der Waals surface area contributed by atoms with Gasteiger partial charge >= 0.3 is 0 Å². The number of anilines is 1. The van der Waals surface area contributed by atoms with Gasteiger partial charge < -0.3 is 4.90 Å². The Labute approximate surface area is 97.4 Å². The minimum absolute atomic E-state index is 0.0729. The molecule has 1 aromatic carbocycles. The van der Waals surface area contributed by atoms with Crippen molar-refractivity contribution in [1.82, 2.24) is 0 Å². The van der Waals surface area contributed by atoms with Crippen LogP contribution >= 0.6 is 22.6 Å². The van der Waals surface area contributed by atoms with E-state index < -0.39 is 0 Å². The molecular weight excluding hydrogens is 292 g/mol. The number of hydrogen-bond acceptors (Lipinski definition) is 1. The molecule has 0 amide bonds. The van der Waals surface area contributed by atoms with Crippen molar-refractivity contribution < 1.29 is 4.39 Å². The number of nitrogens with zero attached hydrogens (tertiary/aromatic N) is 1. The number of halogens is 2. The summed E-state index contributed by atoms with van der Waals surface area (Å²) in [4.78, 5) is 2.15. The van der Waals surface area contributed by atoms with Gasteiger partial charge in [0.25, 0.3) is 0 Å². The van der Waals surface area contributed by atoms with Gasteiger partial charge in [0.05, 0.1) is 5.69 Å². The third kappa shape index (κ3) is 1.87. The van der Waals surface area contributed by atoms with Crippen LogP contribution in [0.15, 0.2) is 12.1 Å². The summed E-state index contributed by atoms with van der Waals surface area (Å²) in [5.74, 6) is -0.0729. The standard InChI is InChI=1S/C11H13FIN/c1-8-6-9(12)11(10(13)7-8)14-4-2-3-5-14/h6-7H,2-5H2,1H3. The van der Waals surface area contributed by atoms with Gasteiger partial charge in [-0.3, -0.25) is 0 Å². The Morgan fingerprint density at radius 2 is 1.93 bits per heavy atom. The molecule has 1 saturated heterocycles. The Hall–Kier alpha value is -0.320. The fourth-order valence-corrected chi connectivity index (χ4v) is 3.03. The fourth-order valence-electron chi connectivity index (χ4n) is 1.94. The molecule has 1 fully saturated rings. The summed E-state index contributed by atoms with van der Waals surface area (Å²) in [5, 5.41) is 0. The molecule has 14 heavy (non-hydrogen) atoms. The Kier molecular flexibility index (Phi) is 2.95. The van der Waals surface area contributed by atoms with Gasteiger partial charge in [0.1, 0.15) is 5.82 Å². The molecule has 0 saturated carbocycles. The second kappa shape index (κ2) is 4.04. The molecule has 0 spiro atoms.